The van der Waals surface area contributed by atoms with Gasteiger partial charge in [-0.25, -0.2) is 9.79 Å². The molecule has 0 fully saturated rings. The van der Waals surface area contributed by atoms with E-state index in [-0.39, 0.29) is 11.4 Å². The molecule has 0 saturated carbocycles. The van der Waals surface area contributed by atoms with Crippen LogP contribution in [0.3, 0.4) is 0 Å². The van der Waals surface area contributed by atoms with Gasteiger partial charge in [-0.15, -0.1) is 0 Å². The van der Waals surface area contributed by atoms with Crippen LogP contribution < -0.4 is 5.48 Å². The second-order valence-corrected chi connectivity index (χ2v) is 5.73. The summed E-state index contributed by atoms with van der Waals surface area (Å²) in [5.41, 5.74) is 2.96. The maximum atomic E-state index is 12.6. The van der Waals surface area contributed by atoms with Crippen molar-refractivity contribution in [2.75, 3.05) is 0 Å². The largest absolute Gasteiger partial charge is 0.416 e. The minimum atomic E-state index is -4.47. The van der Waals surface area contributed by atoms with Gasteiger partial charge in [-0.05, 0) is 36.4 Å². The normalized spacial score (nSPS) is 11.8. The predicted octanol–water partition coefficient (Wildman–Crippen LogP) is 5.15. The van der Waals surface area contributed by atoms with Crippen molar-refractivity contribution in [2.24, 2.45) is 4.99 Å². The number of para-hydroxylation sites is 1. The zero-order chi connectivity index (χ0) is 20.0. The Labute approximate surface area is 159 Å². The van der Waals surface area contributed by atoms with Crippen molar-refractivity contribution in [1.82, 2.24) is 5.48 Å². The molecule has 0 heterocycles. The molecule has 3 aromatic carbocycles. The van der Waals surface area contributed by atoms with Crippen molar-refractivity contribution < 1.29 is 22.8 Å². The zero-order valence-electron chi connectivity index (χ0n) is 14.5. The Morgan fingerprint density at radius 1 is 0.786 bits per heavy atom. The van der Waals surface area contributed by atoms with Gasteiger partial charge in [0.15, 0.2) is 5.84 Å². The second kappa shape index (κ2) is 8.39. The smallest absolute Gasteiger partial charge is 0.336 e. The first-order valence-electron chi connectivity index (χ1n) is 8.27. The fourth-order valence-corrected chi connectivity index (χ4v) is 2.32. The van der Waals surface area contributed by atoms with Crippen LogP contribution in [-0.4, -0.2) is 11.8 Å². The summed E-state index contributed by atoms with van der Waals surface area (Å²) < 4.78 is 37.9. The molecule has 0 aliphatic rings. The van der Waals surface area contributed by atoms with E-state index in [9.17, 15) is 18.0 Å². The van der Waals surface area contributed by atoms with E-state index in [0.29, 0.717) is 11.3 Å². The molecule has 0 amide bonds. The molecular formula is C21H15F3N2O2. The number of alkyl halides is 3. The summed E-state index contributed by atoms with van der Waals surface area (Å²) in [5.74, 6) is -0.544. The van der Waals surface area contributed by atoms with Gasteiger partial charge in [0.2, 0.25) is 0 Å². The van der Waals surface area contributed by atoms with E-state index in [1.54, 1.807) is 36.4 Å². The Morgan fingerprint density at radius 2 is 1.36 bits per heavy atom. The average molecular weight is 384 g/mol. The first kappa shape index (κ1) is 19.2. The molecule has 3 aromatic rings. The lowest BCUT2D eigenvalue weighted by molar-refractivity contribution is -0.137. The summed E-state index contributed by atoms with van der Waals surface area (Å²) in [7, 11) is 0. The topological polar surface area (TPSA) is 50.7 Å². The maximum Gasteiger partial charge on any atom is 0.416 e. The van der Waals surface area contributed by atoms with Crippen LogP contribution in [0.2, 0.25) is 0 Å². The summed E-state index contributed by atoms with van der Waals surface area (Å²) in [4.78, 5) is 21.6. The van der Waals surface area contributed by atoms with Crippen LogP contribution in [0.15, 0.2) is 89.9 Å². The molecule has 28 heavy (non-hydrogen) atoms. The number of rotatable bonds is 3. The highest BCUT2D eigenvalue weighted by molar-refractivity contribution is 6.01. The maximum absolute atomic E-state index is 12.6. The first-order valence-corrected chi connectivity index (χ1v) is 8.27. The van der Waals surface area contributed by atoms with Gasteiger partial charge in [0.1, 0.15) is 0 Å². The summed E-state index contributed by atoms with van der Waals surface area (Å²) >= 11 is 0. The number of amidine groups is 1. The third kappa shape index (κ3) is 4.97. The van der Waals surface area contributed by atoms with Crippen LogP contribution in [-0.2, 0) is 11.0 Å². The van der Waals surface area contributed by atoms with Gasteiger partial charge < -0.3 is 4.84 Å². The number of benzene rings is 3. The number of hydrogen-bond acceptors (Lipinski definition) is 3. The molecule has 3 rings (SSSR count). The molecule has 1 N–H and O–H groups in total. The van der Waals surface area contributed by atoms with Crippen molar-refractivity contribution >= 4 is 17.5 Å². The molecule has 0 aromatic heterocycles. The number of hydroxylamine groups is 1. The molecule has 0 aliphatic carbocycles. The number of hydrogen-bond donors (Lipinski definition) is 1. The third-order valence-corrected chi connectivity index (χ3v) is 3.73. The van der Waals surface area contributed by atoms with Gasteiger partial charge in [-0.2, -0.15) is 18.7 Å². The summed E-state index contributed by atoms with van der Waals surface area (Å²) in [6, 6.07) is 21.8. The van der Waals surface area contributed by atoms with Gasteiger partial charge in [0.25, 0.3) is 0 Å². The van der Waals surface area contributed by atoms with Crippen LogP contribution in [0.1, 0.15) is 21.5 Å². The second-order valence-electron chi connectivity index (χ2n) is 5.73. The quantitative estimate of drug-likeness (QED) is 0.386. The molecule has 142 valence electrons. The average Bonchev–Trinajstić information content (AvgIpc) is 2.71. The van der Waals surface area contributed by atoms with Gasteiger partial charge >= 0.3 is 12.1 Å². The standard InChI is InChI=1S/C21H15F3N2O2/c22-21(23,24)17-13-11-16(12-14-17)20(27)28-26-19(15-7-3-1-4-8-15)25-18-9-5-2-6-10-18/h1-14H,(H,25,26). The zero-order valence-corrected chi connectivity index (χ0v) is 14.5. The summed E-state index contributed by atoms with van der Waals surface area (Å²) in [5, 5.41) is 0. The summed E-state index contributed by atoms with van der Waals surface area (Å²) in [6.07, 6.45) is -4.47. The third-order valence-electron chi connectivity index (χ3n) is 3.73. The van der Waals surface area contributed by atoms with E-state index in [1.165, 1.54) is 0 Å². The van der Waals surface area contributed by atoms with Crippen molar-refractivity contribution in [3.63, 3.8) is 0 Å². The Balaban J connectivity index is 1.77. The molecule has 0 bridgehead atoms. The predicted molar refractivity (Wildman–Crippen MR) is 99.1 cm³/mol. The van der Waals surface area contributed by atoms with Crippen LogP contribution >= 0.6 is 0 Å². The number of nitrogens with zero attached hydrogens (tertiary/aromatic N) is 1. The van der Waals surface area contributed by atoms with Crippen molar-refractivity contribution in [2.45, 2.75) is 6.18 Å². The van der Waals surface area contributed by atoms with Crippen LogP contribution in [0.4, 0.5) is 18.9 Å². The number of carbonyl (C=O) groups excluding carboxylic acids is 1. The SMILES string of the molecule is O=C(ONC(=Nc1ccccc1)c1ccccc1)c1ccc(C(F)(F)F)cc1. The van der Waals surface area contributed by atoms with Crippen molar-refractivity contribution in [3.05, 3.63) is 102 Å². The van der Waals surface area contributed by atoms with Crippen molar-refractivity contribution in [3.8, 4) is 0 Å². The summed E-state index contributed by atoms with van der Waals surface area (Å²) in [6.45, 7) is 0. The Kier molecular flexibility index (Phi) is 5.74. The fourth-order valence-electron chi connectivity index (χ4n) is 2.32. The fraction of sp³-hybridized carbons (Fsp3) is 0.0476. The highest BCUT2D eigenvalue weighted by Gasteiger charge is 2.30. The minimum Gasteiger partial charge on any atom is -0.336 e. The highest BCUT2D eigenvalue weighted by Crippen LogP contribution is 2.29. The molecule has 0 saturated heterocycles. The van der Waals surface area contributed by atoms with E-state index in [1.807, 2.05) is 24.3 Å². The van der Waals surface area contributed by atoms with Crippen LogP contribution in [0.25, 0.3) is 0 Å². The first-order chi connectivity index (χ1) is 13.4. The molecule has 0 unspecified atom stereocenters. The molecule has 0 radical (unpaired) electrons. The van der Waals surface area contributed by atoms with Gasteiger partial charge in [-0.3, -0.25) is 0 Å². The van der Waals surface area contributed by atoms with E-state index >= 15 is 0 Å². The Bertz CT molecular complexity index is 954. The molecule has 0 atom stereocenters. The van der Waals surface area contributed by atoms with E-state index in [2.05, 4.69) is 10.5 Å². The van der Waals surface area contributed by atoms with Gasteiger partial charge in [0, 0.05) is 5.56 Å². The minimum absolute atomic E-state index is 0.0207. The van der Waals surface area contributed by atoms with E-state index in [4.69, 9.17) is 4.84 Å². The Morgan fingerprint density at radius 3 is 1.93 bits per heavy atom. The van der Waals surface area contributed by atoms with E-state index in [0.717, 1.165) is 24.3 Å². The number of nitrogens with one attached hydrogen (secondary N) is 1. The molecule has 0 aliphatic heterocycles. The lowest BCUT2D eigenvalue weighted by Crippen LogP contribution is -2.28. The van der Waals surface area contributed by atoms with Gasteiger partial charge in [-0.1, -0.05) is 48.5 Å². The van der Waals surface area contributed by atoms with Crippen molar-refractivity contribution in [1.29, 1.82) is 0 Å². The molecule has 7 heteroatoms. The number of halogens is 3. The number of carbonyl (C=O) groups is 1. The number of aliphatic imine (C=N–C) groups is 1. The lowest BCUT2D eigenvalue weighted by Gasteiger charge is -2.11. The highest BCUT2D eigenvalue weighted by atomic mass is 19.4. The van der Waals surface area contributed by atoms with E-state index < -0.39 is 17.7 Å². The van der Waals surface area contributed by atoms with Crippen LogP contribution in [0.5, 0.6) is 0 Å². The lowest BCUT2D eigenvalue weighted by atomic mass is 10.1. The monoisotopic (exact) mass is 384 g/mol. The van der Waals surface area contributed by atoms with Gasteiger partial charge in [0.05, 0.1) is 16.8 Å². The Hall–Kier alpha value is -3.61. The molecule has 0 spiro atoms. The molecular weight excluding hydrogens is 369 g/mol. The van der Waals surface area contributed by atoms with Crippen LogP contribution in [0, 0.1) is 0 Å². The molecule has 4 nitrogen and oxygen atoms in total.